The van der Waals surface area contributed by atoms with Crippen LogP contribution in [0.1, 0.15) is 5.56 Å². The zero-order chi connectivity index (χ0) is 11.4. The summed E-state index contributed by atoms with van der Waals surface area (Å²) in [5.74, 6) is 9.45. The van der Waals surface area contributed by atoms with Crippen molar-refractivity contribution in [3.05, 3.63) is 34.2 Å². The van der Waals surface area contributed by atoms with Gasteiger partial charge in [-0.25, -0.2) is 0 Å². The molecule has 84 valence electrons. The number of hydrogen-bond acceptors (Lipinski definition) is 6. The molecular formula is C7H12N4O4. The van der Waals surface area contributed by atoms with E-state index in [9.17, 15) is 10.4 Å². The summed E-state index contributed by atoms with van der Waals surface area (Å²) in [5, 5.41) is 20.7. The maximum atomic E-state index is 11.2. The lowest BCUT2D eigenvalue weighted by atomic mass is 10.2. The third-order valence-electron chi connectivity index (χ3n) is 1.83. The highest BCUT2D eigenvalue weighted by Gasteiger charge is 2.18. The van der Waals surface area contributed by atoms with Crippen molar-refractivity contribution in [3.63, 3.8) is 0 Å². The second kappa shape index (κ2) is 5.11. The number of hydrogen-bond donors (Lipinski definition) is 4. The Bertz CT molecular complexity index is 335. The lowest BCUT2D eigenvalue weighted by Gasteiger charge is -2.22. The molecule has 2 unspecified atom stereocenters. The van der Waals surface area contributed by atoms with Crippen LogP contribution in [0.5, 0.6) is 0 Å². The van der Waals surface area contributed by atoms with Crippen LogP contribution in [0, 0.1) is 17.3 Å². The van der Waals surface area contributed by atoms with Crippen LogP contribution >= 0.6 is 0 Å². The molecule has 6 N–H and O–H groups in total. The topological polar surface area (TPSA) is 126 Å². The number of rotatable bonds is 4. The van der Waals surface area contributed by atoms with E-state index in [0.717, 1.165) is 5.56 Å². The molecule has 1 aromatic carbocycles. The van der Waals surface area contributed by atoms with Gasteiger partial charge in [0.25, 0.3) is 0 Å². The summed E-state index contributed by atoms with van der Waals surface area (Å²) in [7, 11) is 0. The highest BCUT2D eigenvalue weighted by atomic mass is 17.0. The van der Waals surface area contributed by atoms with Crippen molar-refractivity contribution in [1.29, 1.82) is 0 Å². The zero-order valence-corrected chi connectivity index (χ0v) is 8.02. The first-order chi connectivity index (χ1) is 7.10. The van der Waals surface area contributed by atoms with Gasteiger partial charge in [-0.3, -0.25) is 0 Å². The van der Waals surface area contributed by atoms with Crippen LogP contribution in [0.25, 0.3) is 0 Å². The van der Waals surface area contributed by atoms with E-state index in [1.165, 1.54) is 12.1 Å². The lowest BCUT2D eigenvalue weighted by Crippen LogP contribution is -3.07. The summed E-state index contributed by atoms with van der Waals surface area (Å²) in [4.78, 5) is 8.06. The number of quaternary nitrogens is 2. The molecule has 0 bridgehead atoms. The SMILES string of the molecule is Cc1ccc([NH+]([O-])ON)c([NH+]([O-])ON)c1. The van der Waals surface area contributed by atoms with Gasteiger partial charge in [-0.15, -0.1) is 9.88 Å². The first kappa shape index (κ1) is 12.0. The third kappa shape index (κ3) is 2.68. The van der Waals surface area contributed by atoms with Gasteiger partial charge in [-0.2, -0.15) is 22.2 Å². The molecule has 0 heterocycles. The van der Waals surface area contributed by atoms with E-state index in [1.807, 2.05) is 0 Å². The van der Waals surface area contributed by atoms with Crippen LogP contribution in [0.2, 0.25) is 0 Å². The van der Waals surface area contributed by atoms with Crippen molar-refractivity contribution in [3.8, 4) is 0 Å². The molecular weight excluding hydrogens is 204 g/mol. The molecule has 0 aliphatic rings. The Labute approximate surface area is 85.5 Å². The number of aryl methyl sites for hydroxylation is 1. The number of nitrogens with one attached hydrogen (secondary N) is 2. The molecule has 0 radical (unpaired) electrons. The lowest BCUT2D eigenvalue weighted by molar-refractivity contribution is -1.02. The molecule has 0 aliphatic carbocycles. The number of nitrogens with two attached hydrogens (primary N) is 2. The molecule has 0 aromatic heterocycles. The Balaban J connectivity index is 3.14. The summed E-state index contributed by atoms with van der Waals surface area (Å²) in [6.07, 6.45) is 0. The van der Waals surface area contributed by atoms with Crippen molar-refractivity contribution in [1.82, 2.24) is 0 Å². The first-order valence-corrected chi connectivity index (χ1v) is 4.03. The summed E-state index contributed by atoms with van der Waals surface area (Å²) in [6.45, 7) is 1.75. The van der Waals surface area contributed by atoms with Gasteiger partial charge in [-0.05, 0) is 12.5 Å². The normalized spacial score (nSPS) is 15.0. The van der Waals surface area contributed by atoms with Gasteiger partial charge < -0.3 is 10.4 Å². The monoisotopic (exact) mass is 216 g/mol. The van der Waals surface area contributed by atoms with Crippen LogP contribution in [0.3, 0.4) is 0 Å². The summed E-state index contributed by atoms with van der Waals surface area (Å²) in [6, 6.07) is 4.51. The average Bonchev–Trinajstić information content (AvgIpc) is 2.26. The fourth-order valence-corrected chi connectivity index (χ4v) is 1.13. The van der Waals surface area contributed by atoms with Crippen molar-refractivity contribution in [2.75, 3.05) is 0 Å². The van der Waals surface area contributed by atoms with E-state index in [1.54, 1.807) is 13.0 Å². The molecule has 8 heteroatoms. The molecule has 1 aromatic rings. The van der Waals surface area contributed by atoms with Crippen molar-refractivity contribution in [2.45, 2.75) is 6.92 Å². The Morgan fingerprint density at radius 1 is 1.07 bits per heavy atom. The minimum atomic E-state index is -0.824. The first-order valence-electron chi connectivity index (χ1n) is 4.03. The minimum absolute atomic E-state index is 0.0125. The minimum Gasteiger partial charge on any atom is -0.593 e. The second-order valence-corrected chi connectivity index (χ2v) is 2.86. The molecule has 1 rings (SSSR count). The standard InChI is InChI=1S/C7H12N4O4/c1-5-2-3-6(10(12)14-8)7(4-5)11(13)15-9/h2-4,10-11H,8-9H2,1H3. The van der Waals surface area contributed by atoms with Crippen molar-refractivity contribution in [2.24, 2.45) is 11.8 Å². The molecule has 0 aliphatic heterocycles. The summed E-state index contributed by atoms with van der Waals surface area (Å²) < 4.78 is 0. The highest BCUT2D eigenvalue weighted by molar-refractivity contribution is 5.52. The van der Waals surface area contributed by atoms with E-state index in [4.69, 9.17) is 11.8 Å². The molecule has 0 spiro atoms. The molecule has 0 fully saturated rings. The molecule has 0 saturated carbocycles. The van der Waals surface area contributed by atoms with Crippen molar-refractivity contribution >= 4 is 11.4 Å². The molecule has 2 atom stereocenters. The predicted molar refractivity (Wildman–Crippen MR) is 49.7 cm³/mol. The molecule has 15 heavy (non-hydrogen) atoms. The average molecular weight is 216 g/mol. The van der Waals surface area contributed by atoms with Crippen LogP contribution < -0.4 is 22.2 Å². The quantitative estimate of drug-likeness (QED) is 0.417. The van der Waals surface area contributed by atoms with E-state index in [0.29, 0.717) is 0 Å². The summed E-state index contributed by atoms with van der Waals surface area (Å²) >= 11 is 0. The van der Waals surface area contributed by atoms with Gasteiger partial charge >= 0.3 is 0 Å². The molecule has 0 amide bonds. The van der Waals surface area contributed by atoms with E-state index in [-0.39, 0.29) is 11.4 Å². The number of benzene rings is 1. The highest BCUT2D eigenvalue weighted by Crippen LogP contribution is 2.14. The van der Waals surface area contributed by atoms with Crippen LogP contribution in [-0.4, -0.2) is 0 Å². The summed E-state index contributed by atoms with van der Waals surface area (Å²) in [5.41, 5.74) is 0.815. The molecule has 0 saturated heterocycles. The van der Waals surface area contributed by atoms with E-state index < -0.39 is 10.5 Å². The fraction of sp³-hybridized carbons (Fsp3) is 0.143. The Kier molecular flexibility index (Phi) is 4.08. The second-order valence-electron chi connectivity index (χ2n) is 2.86. The Morgan fingerprint density at radius 2 is 1.60 bits per heavy atom. The fourth-order valence-electron chi connectivity index (χ4n) is 1.13. The van der Waals surface area contributed by atoms with Gasteiger partial charge in [0.15, 0.2) is 0 Å². The van der Waals surface area contributed by atoms with E-state index >= 15 is 0 Å². The third-order valence-corrected chi connectivity index (χ3v) is 1.83. The van der Waals surface area contributed by atoms with Gasteiger partial charge in [0.05, 0.1) is 0 Å². The van der Waals surface area contributed by atoms with E-state index in [2.05, 4.69) is 9.88 Å². The van der Waals surface area contributed by atoms with Gasteiger partial charge in [0.2, 0.25) is 11.4 Å². The van der Waals surface area contributed by atoms with Gasteiger partial charge in [0.1, 0.15) is 0 Å². The van der Waals surface area contributed by atoms with Crippen molar-refractivity contribution < 1.29 is 20.3 Å². The maximum absolute atomic E-state index is 11.2. The van der Waals surface area contributed by atoms with Gasteiger partial charge in [-0.1, -0.05) is 6.07 Å². The largest absolute Gasteiger partial charge is 0.593 e. The maximum Gasteiger partial charge on any atom is 0.230 e. The smallest absolute Gasteiger partial charge is 0.230 e. The zero-order valence-electron chi connectivity index (χ0n) is 8.02. The Morgan fingerprint density at radius 3 is 2.13 bits per heavy atom. The predicted octanol–water partition coefficient (Wildman–Crippen LogP) is -2.37. The van der Waals surface area contributed by atoms with Crippen LogP contribution in [0.15, 0.2) is 18.2 Å². The van der Waals surface area contributed by atoms with Crippen LogP contribution in [0.4, 0.5) is 11.4 Å². The Hall–Kier alpha value is -1.10. The van der Waals surface area contributed by atoms with Gasteiger partial charge in [0, 0.05) is 12.1 Å². The molecule has 8 nitrogen and oxygen atoms in total. The van der Waals surface area contributed by atoms with Crippen LogP contribution in [-0.2, 0) is 9.88 Å².